The molecule has 1 saturated heterocycles. The third-order valence-corrected chi connectivity index (χ3v) is 4.63. The van der Waals surface area contributed by atoms with Gasteiger partial charge in [0, 0.05) is 25.2 Å². The molecule has 0 amide bonds. The Hall–Kier alpha value is -1.32. The number of nitrogens with one attached hydrogen (secondary N) is 1. The van der Waals surface area contributed by atoms with Gasteiger partial charge in [-0.3, -0.25) is 0 Å². The monoisotopic (exact) mass is 260 g/mol. The molecule has 2 aliphatic rings. The topological polar surface area (TPSA) is 41.1 Å². The molecule has 1 saturated carbocycles. The van der Waals surface area contributed by atoms with E-state index in [4.69, 9.17) is 0 Å². The van der Waals surface area contributed by atoms with E-state index in [-0.39, 0.29) is 0 Å². The Bertz CT molecular complexity index is 434. The number of fused-ring (bicyclic) bond motifs is 1. The molecular formula is C15H24N4. The first-order valence-electron chi connectivity index (χ1n) is 7.60. The summed E-state index contributed by atoms with van der Waals surface area (Å²) in [5.41, 5.74) is 1.20. The molecule has 2 unspecified atom stereocenters. The highest BCUT2D eigenvalue weighted by Crippen LogP contribution is 2.40. The maximum absolute atomic E-state index is 4.53. The van der Waals surface area contributed by atoms with Crippen LogP contribution in [0.3, 0.4) is 0 Å². The zero-order chi connectivity index (χ0) is 13.2. The average molecular weight is 260 g/mol. The first kappa shape index (κ1) is 12.7. The molecule has 1 aliphatic carbocycles. The van der Waals surface area contributed by atoms with Crippen molar-refractivity contribution in [1.29, 1.82) is 0 Å². The minimum absolute atomic E-state index is 0.904. The molecule has 2 heterocycles. The molecule has 19 heavy (non-hydrogen) atoms. The van der Waals surface area contributed by atoms with Crippen LogP contribution in [0, 0.1) is 18.8 Å². The van der Waals surface area contributed by atoms with E-state index in [0.29, 0.717) is 0 Å². The summed E-state index contributed by atoms with van der Waals surface area (Å²) in [5, 5.41) is 3.40. The van der Waals surface area contributed by atoms with E-state index in [1.165, 1.54) is 37.9 Å². The van der Waals surface area contributed by atoms with Gasteiger partial charge in [0.15, 0.2) is 0 Å². The van der Waals surface area contributed by atoms with Crippen molar-refractivity contribution >= 4 is 11.6 Å². The number of hydrogen-bond acceptors (Lipinski definition) is 4. The van der Waals surface area contributed by atoms with Gasteiger partial charge in [-0.1, -0.05) is 13.3 Å². The average Bonchev–Trinajstić information content (AvgIpc) is 2.98. The largest absolute Gasteiger partial charge is 0.370 e. The van der Waals surface area contributed by atoms with Crippen LogP contribution < -0.4 is 10.2 Å². The molecule has 0 aromatic carbocycles. The van der Waals surface area contributed by atoms with Gasteiger partial charge in [-0.25, -0.2) is 9.97 Å². The number of aromatic nitrogens is 2. The van der Waals surface area contributed by atoms with Crippen molar-refractivity contribution in [2.45, 2.75) is 39.5 Å². The molecule has 0 radical (unpaired) electrons. The van der Waals surface area contributed by atoms with Crippen LogP contribution in [0.25, 0.3) is 0 Å². The molecule has 1 aromatic heterocycles. The third-order valence-electron chi connectivity index (χ3n) is 4.63. The fourth-order valence-electron chi connectivity index (χ4n) is 3.59. The molecule has 3 rings (SSSR count). The Morgan fingerprint density at radius 2 is 2.00 bits per heavy atom. The Kier molecular flexibility index (Phi) is 3.58. The van der Waals surface area contributed by atoms with Gasteiger partial charge in [-0.2, -0.15) is 0 Å². The summed E-state index contributed by atoms with van der Waals surface area (Å²) in [6.07, 6.45) is 7.06. The Balaban J connectivity index is 1.77. The maximum Gasteiger partial charge on any atom is 0.137 e. The first-order chi connectivity index (χ1) is 9.29. The van der Waals surface area contributed by atoms with Crippen LogP contribution >= 0.6 is 0 Å². The van der Waals surface area contributed by atoms with Crippen LogP contribution in [0.4, 0.5) is 11.6 Å². The lowest BCUT2D eigenvalue weighted by Crippen LogP contribution is -2.23. The zero-order valence-electron chi connectivity index (χ0n) is 12.0. The Labute approximate surface area is 115 Å². The number of nitrogens with zero attached hydrogens (tertiary/aromatic N) is 3. The predicted octanol–water partition coefficient (Wildman–Crippen LogP) is 2.84. The van der Waals surface area contributed by atoms with E-state index in [9.17, 15) is 0 Å². The van der Waals surface area contributed by atoms with Crippen molar-refractivity contribution in [3.63, 3.8) is 0 Å². The van der Waals surface area contributed by atoms with E-state index in [0.717, 1.165) is 36.4 Å². The lowest BCUT2D eigenvalue weighted by molar-refractivity contribution is 0.494. The third kappa shape index (κ3) is 2.40. The van der Waals surface area contributed by atoms with Crippen LogP contribution in [0.1, 0.15) is 38.2 Å². The molecule has 0 spiro atoms. The number of rotatable bonds is 4. The lowest BCUT2D eigenvalue weighted by atomic mass is 10.0. The van der Waals surface area contributed by atoms with E-state index in [1.807, 2.05) is 0 Å². The van der Waals surface area contributed by atoms with Crippen molar-refractivity contribution in [3.05, 3.63) is 11.9 Å². The van der Waals surface area contributed by atoms with Gasteiger partial charge in [0.2, 0.25) is 0 Å². The highest BCUT2D eigenvalue weighted by atomic mass is 15.2. The molecule has 2 atom stereocenters. The second-order valence-electron chi connectivity index (χ2n) is 5.95. The van der Waals surface area contributed by atoms with Crippen molar-refractivity contribution in [1.82, 2.24) is 9.97 Å². The lowest BCUT2D eigenvalue weighted by Gasteiger charge is -2.21. The summed E-state index contributed by atoms with van der Waals surface area (Å²) in [6.45, 7) is 7.67. The summed E-state index contributed by atoms with van der Waals surface area (Å²) in [6, 6.07) is 0. The molecule has 1 aromatic rings. The molecular weight excluding hydrogens is 236 g/mol. The highest BCUT2D eigenvalue weighted by molar-refractivity contribution is 5.58. The smallest absolute Gasteiger partial charge is 0.137 e. The quantitative estimate of drug-likeness (QED) is 0.904. The second kappa shape index (κ2) is 5.35. The van der Waals surface area contributed by atoms with E-state index < -0.39 is 0 Å². The summed E-state index contributed by atoms with van der Waals surface area (Å²) in [4.78, 5) is 11.4. The minimum atomic E-state index is 0.904. The van der Waals surface area contributed by atoms with Crippen molar-refractivity contribution < 1.29 is 0 Å². The van der Waals surface area contributed by atoms with E-state index in [2.05, 4.69) is 34.0 Å². The normalized spacial score (nSPS) is 25.7. The highest BCUT2D eigenvalue weighted by Gasteiger charge is 2.37. The SMILES string of the molecule is CCCNc1ncnc(N2CC3CCCC3C2)c1C. The van der Waals surface area contributed by atoms with Gasteiger partial charge in [0.05, 0.1) is 0 Å². The minimum Gasteiger partial charge on any atom is -0.370 e. The molecule has 4 heteroatoms. The van der Waals surface area contributed by atoms with Gasteiger partial charge >= 0.3 is 0 Å². The fraction of sp³-hybridized carbons (Fsp3) is 0.733. The Morgan fingerprint density at radius 1 is 1.26 bits per heavy atom. The van der Waals surface area contributed by atoms with Gasteiger partial charge in [0.1, 0.15) is 18.0 Å². The van der Waals surface area contributed by atoms with Crippen LogP contribution in [0.15, 0.2) is 6.33 Å². The summed E-state index contributed by atoms with van der Waals surface area (Å²) < 4.78 is 0. The van der Waals surface area contributed by atoms with Crippen molar-refractivity contribution in [2.75, 3.05) is 29.9 Å². The van der Waals surface area contributed by atoms with Crippen LogP contribution in [-0.4, -0.2) is 29.6 Å². The van der Waals surface area contributed by atoms with Crippen molar-refractivity contribution in [2.24, 2.45) is 11.8 Å². The first-order valence-corrected chi connectivity index (χ1v) is 7.60. The molecule has 4 nitrogen and oxygen atoms in total. The maximum atomic E-state index is 4.53. The summed E-state index contributed by atoms with van der Waals surface area (Å²) >= 11 is 0. The van der Waals surface area contributed by atoms with Crippen LogP contribution in [0.2, 0.25) is 0 Å². The van der Waals surface area contributed by atoms with Gasteiger partial charge < -0.3 is 10.2 Å². The summed E-state index contributed by atoms with van der Waals surface area (Å²) in [7, 11) is 0. The van der Waals surface area contributed by atoms with Crippen molar-refractivity contribution in [3.8, 4) is 0 Å². The molecule has 104 valence electrons. The standard InChI is InChI=1S/C15H24N4/c1-3-7-16-14-11(2)15(18-10-17-14)19-8-12-5-4-6-13(12)9-19/h10,12-13H,3-9H2,1-2H3,(H,16,17,18). The number of hydrogen-bond donors (Lipinski definition) is 1. The predicted molar refractivity (Wildman–Crippen MR) is 78.6 cm³/mol. The van der Waals surface area contributed by atoms with Crippen LogP contribution in [0.5, 0.6) is 0 Å². The van der Waals surface area contributed by atoms with Crippen LogP contribution in [-0.2, 0) is 0 Å². The fourth-order valence-corrected chi connectivity index (χ4v) is 3.59. The van der Waals surface area contributed by atoms with E-state index in [1.54, 1.807) is 6.33 Å². The number of anilines is 2. The van der Waals surface area contributed by atoms with Gasteiger partial charge in [-0.05, 0) is 38.0 Å². The molecule has 1 aliphatic heterocycles. The van der Waals surface area contributed by atoms with Gasteiger partial charge in [-0.15, -0.1) is 0 Å². The summed E-state index contributed by atoms with van der Waals surface area (Å²) in [5.74, 6) is 3.95. The van der Waals surface area contributed by atoms with Gasteiger partial charge in [0.25, 0.3) is 0 Å². The Morgan fingerprint density at radius 3 is 2.68 bits per heavy atom. The zero-order valence-corrected chi connectivity index (χ0v) is 12.0. The molecule has 0 bridgehead atoms. The van der Waals surface area contributed by atoms with E-state index >= 15 is 0 Å². The molecule has 1 N–H and O–H groups in total. The second-order valence-corrected chi connectivity index (χ2v) is 5.95. The molecule has 2 fully saturated rings.